The normalized spacial score (nSPS) is 24.1. The van der Waals surface area contributed by atoms with E-state index in [2.05, 4.69) is 24.1 Å². The zero-order chi connectivity index (χ0) is 19.0. The first kappa shape index (κ1) is 21.7. The number of halogens is 3. The van der Waals surface area contributed by atoms with Gasteiger partial charge in [0.15, 0.2) is 5.96 Å². The van der Waals surface area contributed by atoms with Crippen molar-refractivity contribution in [2.45, 2.75) is 51.0 Å². The lowest BCUT2D eigenvalue weighted by atomic mass is 9.93. The van der Waals surface area contributed by atoms with Gasteiger partial charge in [-0.2, -0.15) is 24.9 Å². The van der Waals surface area contributed by atoms with Crippen molar-refractivity contribution < 1.29 is 13.2 Å². The molecule has 0 aromatic heterocycles. The van der Waals surface area contributed by atoms with Crippen molar-refractivity contribution in [3.05, 3.63) is 0 Å². The highest BCUT2D eigenvalue weighted by Gasteiger charge is 2.32. The van der Waals surface area contributed by atoms with Crippen LogP contribution in [0.1, 0.15) is 39.5 Å². The van der Waals surface area contributed by atoms with Crippen LogP contribution in [0.5, 0.6) is 0 Å². The van der Waals surface area contributed by atoms with Crippen LogP contribution in [0, 0.1) is 5.92 Å². The Hall–Kier alpha value is -0.630. The van der Waals surface area contributed by atoms with Crippen molar-refractivity contribution in [1.29, 1.82) is 0 Å². The molecule has 8 heteroatoms. The molecule has 0 aromatic rings. The lowest BCUT2D eigenvalue weighted by Crippen LogP contribution is -2.48. The van der Waals surface area contributed by atoms with Crippen LogP contribution in [0.4, 0.5) is 13.2 Å². The Morgan fingerprint density at radius 2 is 1.92 bits per heavy atom. The summed E-state index contributed by atoms with van der Waals surface area (Å²) in [4.78, 5) is 8.70. The molecular weight excluding hydrogens is 361 g/mol. The third kappa shape index (κ3) is 7.55. The molecule has 4 nitrogen and oxygen atoms in total. The molecule has 0 radical (unpaired) electrons. The summed E-state index contributed by atoms with van der Waals surface area (Å²) in [6, 6.07) is 0. The number of thioether (sulfide) groups is 1. The van der Waals surface area contributed by atoms with Crippen molar-refractivity contribution in [1.82, 2.24) is 15.1 Å². The van der Waals surface area contributed by atoms with Crippen LogP contribution in [0.25, 0.3) is 0 Å². The van der Waals surface area contributed by atoms with Gasteiger partial charge < -0.3 is 10.2 Å². The number of hydrogen-bond donors (Lipinski definition) is 1. The highest BCUT2D eigenvalue weighted by molar-refractivity contribution is 8.00. The summed E-state index contributed by atoms with van der Waals surface area (Å²) >= 11 is 2.04. The zero-order valence-electron chi connectivity index (χ0n) is 16.0. The molecule has 0 bridgehead atoms. The van der Waals surface area contributed by atoms with Crippen LogP contribution < -0.4 is 5.32 Å². The quantitative estimate of drug-likeness (QED) is 0.552. The molecule has 2 rings (SSSR count). The lowest BCUT2D eigenvalue weighted by molar-refractivity contribution is -0.148. The highest BCUT2D eigenvalue weighted by atomic mass is 32.2. The fourth-order valence-corrected chi connectivity index (χ4v) is 4.80. The van der Waals surface area contributed by atoms with Crippen molar-refractivity contribution in [3.63, 3.8) is 0 Å². The van der Waals surface area contributed by atoms with Gasteiger partial charge in [-0.25, -0.2) is 0 Å². The largest absolute Gasteiger partial charge is 0.401 e. The SMILES string of the molecule is CCNC(=NCCC1CCN(CC(F)(F)F)CC1)N1CCSC(CC)C1. The molecule has 152 valence electrons. The average molecular weight is 395 g/mol. The number of piperidine rings is 1. The minimum atomic E-state index is -4.08. The van der Waals surface area contributed by atoms with Crippen molar-refractivity contribution in [2.24, 2.45) is 10.9 Å². The number of hydrogen-bond acceptors (Lipinski definition) is 3. The van der Waals surface area contributed by atoms with Gasteiger partial charge >= 0.3 is 6.18 Å². The van der Waals surface area contributed by atoms with E-state index < -0.39 is 12.7 Å². The second-order valence-corrected chi connectivity index (χ2v) is 8.61. The maximum atomic E-state index is 12.5. The fraction of sp³-hybridized carbons (Fsp3) is 0.944. The summed E-state index contributed by atoms with van der Waals surface area (Å²) in [7, 11) is 0. The van der Waals surface area contributed by atoms with Gasteiger partial charge in [0, 0.05) is 37.2 Å². The van der Waals surface area contributed by atoms with Gasteiger partial charge in [0.2, 0.25) is 0 Å². The number of guanidine groups is 1. The van der Waals surface area contributed by atoms with Crippen LogP contribution in [0.15, 0.2) is 4.99 Å². The lowest BCUT2D eigenvalue weighted by Gasteiger charge is -2.34. The molecule has 26 heavy (non-hydrogen) atoms. The molecule has 2 saturated heterocycles. The standard InChI is InChI=1S/C18H33F3N4S/c1-3-16-13-25(11-12-26-16)17(22-4-2)23-8-5-15-6-9-24(10-7-15)14-18(19,20)21/h15-16H,3-14H2,1-2H3,(H,22,23). The number of likely N-dealkylation sites (tertiary alicyclic amines) is 1. The first-order chi connectivity index (χ1) is 12.4. The maximum absolute atomic E-state index is 12.5. The summed E-state index contributed by atoms with van der Waals surface area (Å²) in [6.07, 6.45) is -0.243. The Morgan fingerprint density at radius 1 is 1.19 bits per heavy atom. The van der Waals surface area contributed by atoms with Crippen molar-refractivity contribution in [2.75, 3.05) is 51.6 Å². The molecule has 1 atom stereocenters. The zero-order valence-corrected chi connectivity index (χ0v) is 16.8. The van der Waals surface area contributed by atoms with E-state index in [0.29, 0.717) is 24.3 Å². The molecule has 2 fully saturated rings. The van der Waals surface area contributed by atoms with E-state index in [1.54, 1.807) is 0 Å². The number of aliphatic imine (C=N–C) groups is 1. The predicted molar refractivity (Wildman–Crippen MR) is 104 cm³/mol. The maximum Gasteiger partial charge on any atom is 0.401 e. The van der Waals surface area contributed by atoms with Crippen molar-refractivity contribution >= 4 is 17.7 Å². The van der Waals surface area contributed by atoms with Crippen molar-refractivity contribution in [3.8, 4) is 0 Å². The van der Waals surface area contributed by atoms with E-state index in [9.17, 15) is 13.2 Å². The fourth-order valence-electron chi connectivity index (χ4n) is 3.62. The Labute approximate surface area is 160 Å². The molecule has 1 N–H and O–H groups in total. The van der Waals surface area contributed by atoms with Gasteiger partial charge in [-0.05, 0) is 51.6 Å². The number of rotatable bonds is 6. The first-order valence-electron chi connectivity index (χ1n) is 9.85. The van der Waals surface area contributed by atoms with Gasteiger partial charge in [0.25, 0.3) is 0 Å². The van der Waals surface area contributed by atoms with E-state index in [-0.39, 0.29) is 0 Å². The topological polar surface area (TPSA) is 30.9 Å². The molecule has 0 saturated carbocycles. The van der Waals surface area contributed by atoms with Crippen LogP contribution in [0.3, 0.4) is 0 Å². The molecule has 0 aromatic carbocycles. The van der Waals surface area contributed by atoms with Gasteiger partial charge in [-0.3, -0.25) is 9.89 Å². The molecule has 2 aliphatic rings. The van der Waals surface area contributed by atoms with E-state index in [4.69, 9.17) is 4.99 Å². The summed E-state index contributed by atoms with van der Waals surface area (Å²) in [5.74, 6) is 2.63. The van der Waals surface area contributed by atoms with Crippen LogP contribution >= 0.6 is 11.8 Å². The van der Waals surface area contributed by atoms with Gasteiger partial charge in [0.1, 0.15) is 0 Å². The summed E-state index contributed by atoms with van der Waals surface area (Å²) in [6.45, 7) is 8.34. The third-order valence-corrected chi connectivity index (χ3v) is 6.51. The molecular formula is C18H33F3N4S. The average Bonchev–Trinajstić information content (AvgIpc) is 2.61. The smallest absolute Gasteiger partial charge is 0.357 e. The van der Waals surface area contributed by atoms with E-state index in [1.807, 2.05) is 11.8 Å². The summed E-state index contributed by atoms with van der Waals surface area (Å²) in [5, 5.41) is 4.07. The second-order valence-electron chi connectivity index (χ2n) is 7.21. The summed E-state index contributed by atoms with van der Waals surface area (Å²) in [5.41, 5.74) is 0. The third-order valence-electron chi connectivity index (χ3n) is 5.14. The van der Waals surface area contributed by atoms with E-state index >= 15 is 0 Å². The number of alkyl halides is 3. The van der Waals surface area contributed by atoms with Gasteiger partial charge in [-0.1, -0.05) is 6.92 Å². The minimum absolute atomic E-state index is 0.492. The van der Waals surface area contributed by atoms with Gasteiger partial charge in [0.05, 0.1) is 6.54 Å². The van der Waals surface area contributed by atoms with Gasteiger partial charge in [-0.15, -0.1) is 0 Å². The van der Waals surface area contributed by atoms with Crippen LogP contribution in [0.2, 0.25) is 0 Å². The monoisotopic (exact) mass is 394 g/mol. The molecule has 0 spiro atoms. The van der Waals surface area contributed by atoms with Crippen LogP contribution in [-0.2, 0) is 0 Å². The second kappa shape index (κ2) is 10.6. The summed E-state index contributed by atoms with van der Waals surface area (Å²) < 4.78 is 37.4. The van der Waals surface area contributed by atoms with E-state index in [0.717, 1.165) is 57.2 Å². The Kier molecular flexibility index (Phi) is 8.87. The minimum Gasteiger partial charge on any atom is -0.357 e. The molecule has 2 heterocycles. The Balaban J connectivity index is 1.76. The Bertz CT molecular complexity index is 437. The number of nitrogens with one attached hydrogen (secondary N) is 1. The van der Waals surface area contributed by atoms with E-state index in [1.165, 1.54) is 11.3 Å². The highest BCUT2D eigenvalue weighted by Crippen LogP contribution is 2.24. The predicted octanol–water partition coefficient (Wildman–Crippen LogP) is 3.44. The molecule has 0 aliphatic carbocycles. The molecule has 1 unspecified atom stereocenters. The van der Waals surface area contributed by atoms with Crippen LogP contribution in [-0.4, -0.2) is 78.8 Å². The molecule has 0 amide bonds. The number of nitrogens with zero attached hydrogens (tertiary/aromatic N) is 3. The Morgan fingerprint density at radius 3 is 2.54 bits per heavy atom. The molecule has 2 aliphatic heterocycles. The first-order valence-corrected chi connectivity index (χ1v) is 10.9.